The maximum absolute atomic E-state index is 13.7. The van der Waals surface area contributed by atoms with Gasteiger partial charge < -0.3 is 16.4 Å². The molecule has 1 fully saturated rings. The van der Waals surface area contributed by atoms with Crippen molar-refractivity contribution in [2.45, 2.75) is 44.3 Å². The number of amidine groups is 1. The third-order valence-corrected chi connectivity index (χ3v) is 7.79. The van der Waals surface area contributed by atoms with E-state index in [4.69, 9.17) is 10.7 Å². The summed E-state index contributed by atoms with van der Waals surface area (Å²) in [6, 6.07) is 13.6. The number of likely N-dealkylation sites (tertiary alicyclic amines) is 1. The number of nitrogens with one attached hydrogen (secondary N) is 2. The van der Waals surface area contributed by atoms with Gasteiger partial charge in [0.05, 0.1) is 5.56 Å². The third-order valence-electron chi connectivity index (χ3n) is 7.79. The van der Waals surface area contributed by atoms with Crippen molar-refractivity contribution in [2.75, 3.05) is 23.7 Å². The highest BCUT2D eigenvalue weighted by Crippen LogP contribution is 2.35. The summed E-state index contributed by atoms with van der Waals surface area (Å²) in [5.74, 6) is 0.567. The van der Waals surface area contributed by atoms with Crippen molar-refractivity contribution in [1.82, 2.24) is 9.88 Å². The minimum Gasteiger partial charge on any atom is -0.405 e. The molecule has 0 aliphatic carbocycles. The van der Waals surface area contributed by atoms with Gasteiger partial charge in [-0.3, -0.25) is 9.88 Å². The number of fused-ring (bicyclic) bond motifs is 1. The summed E-state index contributed by atoms with van der Waals surface area (Å²) in [6.07, 6.45) is -1.39. The Bertz CT molecular complexity index is 1500. The quantitative estimate of drug-likeness (QED) is 0.195. The smallest absolute Gasteiger partial charge is 0.405 e. The molecule has 5 rings (SSSR count). The van der Waals surface area contributed by atoms with Crippen molar-refractivity contribution in [3.8, 4) is 0 Å². The monoisotopic (exact) mass is 614 g/mol. The van der Waals surface area contributed by atoms with Gasteiger partial charge in [-0.05, 0) is 97.9 Å². The van der Waals surface area contributed by atoms with Crippen LogP contribution in [0.5, 0.6) is 0 Å². The molecule has 0 spiro atoms. The Morgan fingerprint density at radius 2 is 1.66 bits per heavy atom. The third kappa shape index (κ3) is 7.79. The van der Waals surface area contributed by atoms with E-state index in [9.17, 15) is 26.3 Å². The van der Waals surface area contributed by atoms with E-state index in [1.54, 1.807) is 30.6 Å². The molecule has 3 heterocycles. The molecule has 3 aromatic rings. The zero-order chi connectivity index (χ0) is 31.3. The van der Waals surface area contributed by atoms with Gasteiger partial charge in [-0.15, -0.1) is 0 Å². The van der Waals surface area contributed by atoms with Gasteiger partial charge in [0, 0.05) is 53.8 Å². The van der Waals surface area contributed by atoms with Crippen molar-refractivity contribution < 1.29 is 26.3 Å². The predicted octanol–water partition coefficient (Wildman–Crippen LogP) is 7.13. The highest BCUT2D eigenvalue weighted by atomic mass is 19.4. The summed E-state index contributed by atoms with van der Waals surface area (Å²) in [5, 5.41) is 6.58. The molecule has 0 saturated carbocycles. The topological polar surface area (TPSA) is 78.6 Å². The molecule has 4 N–H and O–H groups in total. The normalized spacial score (nSPS) is 18.5. The second-order valence-electron chi connectivity index (χ2n) is 10.9. The SMILES string of the molecule is N/C=C\C=C(/Cc1ccc2c(c1)NC(C1CCN(Cc3ccncc3)CC1)N=C2Nc1ccc(C(F)(F)F)cc1)C(F)(F)F. The van der Waals surface area contributed by atoms with Crippen LogP contribution >= 0.6 is 0 Å². The van der Waals surface area contributed by atoms with E-state index in [2.05, 4.69) is 20.5 Å². The van der Waals surface area contributed by atoms with Crippen molar-refractivity contribution in [1.29, 1.82) is 0 Å². The van der Waals surface area contributed by atoms with Gasteiger partial charge in [0.15, 0.2) is 0 Å². The fourth-order valence-electron chi connectivity index (χ4n) is 5.45. The molecule has 2 aliphatic heterocycles. The number of allylic oxidation sites excluding steroid dienone is 3. The van der Waals surface area contributed by atoms with Gasteiger partial charge in [0.25, 0.3) is 0 Å². The van der Waals surface area contributed by atoms with Crippen LogP contribution < -0.4 is 16.4 Å². The largest absolute Gasteiger partial charge is 0.416 e. The Labute approximate surface area is 251 Å². The summed E-state index contributed by atoms with van der Waals surface area (Å²) in [5.41, 5.74) is 6.98. The maximum Gasteiger partial charge on any atom is 0.416 e. The van der Waals surface area contributed by atoms with Crippen LogP contribution in [0.3, 0.4) is 0 Å². The number of aromatic nitrogens is 1. The average molecular weight is 615 g/mol. The zero-order valence-corrected chi connectivity index (χ0v) is 23.7. The maximum atomic E-state index is 13.7. The number of alkyl halides is 6. The lowest BCUT2D eigenvalue weighted by molar-refractivity contribution is -0.137. The molecule has 1 atom stereocenters. The van der Waals surface area contributed by atoms with E-state index in [-0.39, 0.29) is 18.5 Å². The van der Waals surface area contributed by atoms with Crippen LogP contribution in [-0.4, -0.2) is 41.2 Å². The molecule has 1 saturated heterocycles. The summed E-state index contributed by atoms with van der Waals surface area (Å²) in [4.78, 5) is 11.3. The van der Waals surface area contributed by atoms with Crippen LogP contribution in [0.25, 0.3) is 0 Å². The molecular weight excluding hydrogens is 582 g/mol. The van der Waals surface area contributed by atoms with E-state index in [1.807, 2.05) is 12.1 Å². The molecule has 0 amide bonds. The summed E-state index contributed by atoms with van der Waals surface area (Å²) < 4.78 is 80.4. The van der Waals surface area contributed by atoms with Crippen LogP contribution in [0.4, 0.5) is 37.7 Å². The van der Waals surface area contributed by atoms with Crippen molar-refractivity contribution in [2.24, 2.45) is 16.6 Å². The first kappa shape index (κ1) is 31.1. The Kier molecular flexibility index (Phi) is 9.28. The summed E-state index contributed by atoms with van der Waals surface area (Å²) in [7, 11) is 0. The van der Waals surface area contributed by atoms with E-state index in [1.165, 1.54) is 17.7 Å². The molecule has 0 bridgehead atoms. The van der Waals surface area contributed by atoms with Crippen LogP contribution in [-0.2, 0) is 19.1 Å². The first-order valence-electron chi connectivity index (χ1n) is 14.2. The molecule has 232 valence electrons. The molecule has 6 nitrogen and oxygen atoms in total. The van der Waals surface area contributed by atoms with Crippen molar-refractivity contribution in [3.63, 3.8) is 0 Å². The van der Waals surface area contributed by atoms with Crippen LogP contribution in [0.15, 0.2) is 95.9 Å². The lowest BCUT2D eigenvalue weighted by Gasteiger charge is -2.37. The van der Waals surface area contributed by atoms with Gasteiger partial charge in [-0.1, -0.05) is 12.1 Å². The van der Waals surface area contributed by atoms with Crippen molar-refractivity contribution >= 4 is 17.2 Å². The van der Waals surface area contributed by atoms with Crippen LogP contribution in [0, 0.1) is 5.92 Å². The summed E-state index contributed by atoms with van der Waals surface area (Å²) >= 11 is 0. The minimum atomic E-state index is -4.54. The summed E-state index contributed by atoms with van der Waals surface area (Å²) in [6.45, 7) is 2.48. The van der Waals surface area contributed by atoms with Gasteiger partial charge in [0.2, 0.25) is 0 Å². The van der Waals surface area contributed by atoms with Crippen LogP contribution in [0.1, 0.15) is 35.1 Å². The van der Waals surface area contributed by atoms with Crippen molar-refractivity contribution in [3.05, 3.63) is 113 Å². The average Bonchev–Trinajstić information content (AvgIpc) is 2.99. The first-order valence-corrected chi connectivity index (χ1v) is 14.2. The fraction of sp³-hybridized carbons (Fsp3) is 0.312. The number of benzene rings is 2. The number of nitrogens with zero attached hydrogens (tertiary/aromatic N) is 3. The number of piperidine rings is 1. The second kappa shape index (κ2) is 13.1. The van der Waals surface area contributed by atoms with E-state index < -0.39 is 23.5 Å². The van der Waals surface area contributed by atoms with Gasteiger partial charge in [-0.2, -0.15) is 26.3 Å². The van der Waals surface area contributed by atoms with E-state index in [0.717, 1.165) is 63.0 Å². The number of hydrogen-bond acceptors (Lipinski definition) is 6. The standard InChI is InChI=1S/C32H32F6N6/c33-31(34,35)24-4-6-26(7-5-24)41-30-27-8-3-22(18-25(2-1-13-39)32(36,37)38)19-28(27)42-29(43-30)23-11-16-44(17-12-23)20-21-9-14-40-15-10-21/h1-10,13-15,19,23,29,42H,11-12,16-18,20,39H2,(H,41,43)/b13-1-,25-2+. The number of aliphatic imine (C=N–C) groups is 1. The lowest BCUT2D eigenvalue weighted by Crippen LogP contribution is -2.41. The molecule has 1 unspecified atom stereocenters. The predicted molar refractivity (Wildman–Crippen MR) is 159 cm³/mol. The molecule has 0 radical (unpaired) electrons. The second-order valence-corrected chi connectivity index (χ2v) is 10.9. The Morgan fingerprint density at radius 3 is 2.30 bits per heavy atom. The highest BCUT2D eigenvalue weighted by Gasteiger charge is 2.34. The number of anilines is 2. The number of rotatable bonds is 7. The lowest BCUT2D eigenvalue weighted by atomic mass is 9.91. The Morgan fingerprint density at radius 1 is 0.955 bits per heavy atom. The van der Waals surface area contributed by atoms with E-state index >= 15 is 0 Å². The molecule has 2 aromatic carbocycles. The molecule has 2 aliphatic rings. The van der Waals surface area contributed by atoms with Gasteiger partial charge >= 0.3 is 12.4 Å². The zero-order valence-electron chi connectivity index (χ0n) is 23.7. The highest BCUT2D eigenvalue weighted by molar-refractivity contribution is 6.12. The molecular formula is C32H32F6N6. The minimum absolute atomic E-state index is 0.130. The molecule has 12 heteroatoms. The number of nitrogens with two attached hydrogens (primary N) is 1. The Balaban J connectivity index is 1.39. The van der Waals surface area contributed by atoms with Gasteiger partial charge in [-0.25, -0.2) is 4.99 Å². The van der Waals surface area contributed by atoms with Crippen LogP contribution in [0.2, 0.25) is 0 Å². The number of halogens is 6. The molecule has 1 aromatic heterocycles. The number of hydrogen-bond donors (Lipinski definition) is 3. The molecule has 44 heavy (non-hydrogen) atoms. The first-order chi connectivity index (χ1) is 21.0. The van der Waals surface area contributed by atoms with Gasteiger partial charge in [0.1, 0.15) is 12.0 Å². The number of pyridine rings is 1. The Hall–Kier alpha value is -4.32. The fourth-order valence-corrected chi connectivity index (χ4v) is 5.45. The van der Waals surface area contributed by atoms with E-state index in [0.29, 0.717) is 28.3 Å².